The smallest absolute Gasteiger partial charge is 0.269 e. The van der Waals surface area contributed by atoms with Gasteiger partial charge in [0.05, 0.1) is 0 Å². The van der Waals surface area contributed by atoms with Crippen molar-refractivity contribution in [3.05, 3.63) is 42.5 Å². The summed E-state index contributed by atoms with van der Waals surface area (Å²) in [6.45, 7) is 6.08. The summed E-state index contributed by atoms with van der Waals surface area (Å²) in [5.41, 5.74) is 6.04. The average Bonchev–Trinajstić information content (AvgIpc) is 2.90. The Morgan fingerprint density at radius 2 is 0.972 bits per heavy atom. The molecule has 0 atom stereocenters. The van der Waals surface area contributed by atoms with Gasteiger partial charge in [0, 0.05) is 12.0 Å². The fourth-order valence-electron chi connectivity index (χ4n) is 4.58. The molecular weight excluding hydrogens is 444 g/mol. The number of hydrazine groups is 1. The fourth-order valence-corrected chi connectivity index (χ4v) is 4.58. The van der Waals surface area contributed by atoms with Crippen LogP contribution in [0.2, 0.25) is 0 Å². The van der Waals surface area contributed by atoms with Gasteiger partial charge in [-0.2, -0.15) is 0 Å². The van der Waals surface area contributed by atoms with E-state index in [2.05, 4.69) is 24.4 Å². The molecule has 204 valence electrons. The maximum Gasteiger partial charge on any atom is 0.269 e. The molecule has 2 amide bonds. The Morgan fingerprint density at radius 1 is 0.583 bits per heavy atom. The molecule has 0 fully saturated rings. The molecule has 4 nitrogen and oxygen atoms in total. The van der Waals surface area contributed by atoms with Gasteiger partial charge in [0.1, 0.15) is 0 Å². The first-order chi connectivity index (χ1) is 17.6. The van der Waals surface area contributed by atoms with Crippen LogP contribution < -0.4 is 10.9 Å². The standard InChI is InChI=1S/C32H54N2O2/c1-3-4-5-6-7-8-9-10-11-12-13-14-15-16-17-18-19-20-21-25-28-31(35)33-34-32(36)29(2)30-26-23-22-24-27-30/h22-24,26-27H,2-21,25,28H2,1H3,(H,33,35)(H,34,36). The summed E-state index contributed by atoms with van der Waals surface area (Å²) < 4.78 is 0. The normalized spacial score (nSPS) is 10.8. The summed E-state index contributed by atoms with van der Waals surface area (Å²) >= 11 is 0. The number of nitrogens with one attached hydrogen (secondary N) is 2. The Balaban J connectivity index is 1.80. The fraction of sp³-hybridized carbons (Fsp3) is 0.688. The molecule has 0 saturated heterocycles. The van der Waals surface area contributed by atoms with Crippen LogP contribution in [0.15, 0.2) is 36.9 Å². The first-order valence-corrected chi connectivity index (χ1v) is 15.0. The number of carbonyl (C=O) groups excluding carboxylic acids is 2. The van der Waals surface area contributed by atoms with E-state index >= 15 is 0 Å². The molecule has 0 unspecified atom stereocenters. The number of carbonyl (C=O) groups is 2. The van der Waals surface area contributed by atoms with Crippen molar-refractivity contribution in [3.8, 4) is 0 Å². The molecule has 2 N–H and O–H groups in total. The molecule has 0 spiro atoms. The van der Waals surface area contributed by atoms with Gasteiger partial charge in [-0.15, -0.1) is 0 Å². The van der Waals surface area contributed by atoms with Gasteiger partial charge in [0.2, 0.25) is 5.91 Å². The third kappa shape index (κ3) is 18.2. The lowest BCUT2D eigenvalue weighted by molar-refractivity contribution is -0.126. The molecule has 0 aliphatic rings. The lowest BCUT2D eigenvalue weighted by Gasteiger charge is -2.09. The minimum Gasteiger partial charge on any atom is -0.273 e. The molecule has 0 saturated carbocycles. The van der Waals surface area contributed by atoms with Gasteiger partial charge in [0.15, 0.2) is 0 Å². The molecule has 0 aliphatic heterocycles. The van der Waals surface area contributed by atoms with E-state index in [4.69, 9.17) is 0 Å². The Kier molecular flexibility index (Phi) is 20.7. The van der Waals surface area contributed by atoms with Crippen LogP contribution in [0.1, 0.15) is 147 Å². The van der Waals surface area contributed by atoms with Crippen molar-refractivity contribution in [2.75, 3.05) is 0 Å². The average molecular weight is 499 g/mol. The SMILES string of the molecule is C=C(C(=O)NNC(=O)CCCCCCCCCCCCCCCCCCCCCC)c1ccccc1. The Hall–Kier alpha value is -2.10. The van der Waals surface area contributed by atoms with E-state index in [-0.39, 0.29) is 11.8 Å². The quantitative estimate of drug-likeness (QED) is 0.0898. The maximum absolute atomic E-state index is 12.1. The zero-order valence-corrected chi connectivity index (χ0v) is 23.3. The minimum absolute atomic E-state index is 0.147. The van der Waals surface area contributed by atoms with Crippen LogP contribution in [0, 0.1) is 0 Å². The zero-order chi connectivity index (χ0) is 26.1. The molecule has 0 aromatic heterocycles. The second-order valence-corrected chi connectivity index (χ2v) is 10.3. The van der Waals surface area contributed by atoms with Crippen molar-refractivity contribution < 1.29 is 9.59 Å². The summed E-state index contributed by atoms with van der Waals surface area (Å²) in [6.07, 6.45) is 27.3. The van der Waals surface area contributed by atoms with E-state index in [1.54, 1.807) is 0 Å². The maximum atomic E-state index is 12.1. The third-order valence-corrected chi connectivity index (χ3v) is 6.97. The topological polar surface area (TPSA) is 58.2 Å². The van der Waals surface area contributed by atoms with E-state index in [1.165, 1.54) is 116 Å². The predicted octanol–water partition coefficient (Wildman–Crippen LogP) is 9.06. The number of rotatable bonds is 23. The van der Waals surface area contributed by atoms with E-state index in [1.807, 2.05) is 30.3 Å². The van der Waals surface area contributed by atoms with Gasteiger partial charge in [-0.3, -0.25) is 20.4 Å². The number of amides is 2. The molecule has 0 heterocycles. The number of benzene rings is 1. The van der Waals surface area contributed by atoms with Gasteiger partial charge in [-0.1, -0.05) is 166 Å². The number of hydrogen-bond donors (Lipinski definition) is 2. The van der Waals surface area contributed by atoms with E-state index in [9.17, 15) is 9.59 Å². The molecule has 0 radical (unpaired) electrons. The van der Waals surface area contributed by atoms with Crippen molar-refractivity contribution >= 4 is 17.4 Å². The molecule has 1 aromatic rings. The number of unbranched alkanes of at least 4 members (excludes halogenated alkanes) is 19. The Labute approximate surface area is 222 Å². The summed E-state index contributed by atoms with van der Waals surface area (Å²) in [7, 11) is 0. The van der Waals surface area contributed by atoms with Gasteiger partial charge in [-0.05, 0) is 12.0 Å². The molecule has 36 heavy (non-hydrogen) atoms. The van der Waals surface area contributed by atoms with Gasteiger partial charge < -0.3 is 0 Å². The van der Waals surface area contributed by atoms with Crippen LogP contribution in [-0.2, 0) is 9.59 Å². The van der Waals surface area contributed by atoms with Gasteiger partial charge in [-0.25, -0.2) is 0 Å². The Bertz CT molecular complexity index is 687. The summed E-state index contributed by atoms with van der Waals surface area (Å²) in [5, 5.41) is 0. The lowest BCUT2D eigenvalue weighted by atomic mass is 10.0. The van der Waals surface area contributed by atoms with E-state index in [0.29, 0.717) is 12.0 Å². The first-order valence-electron chi connectivity index (χ1n) is 15.0. The van der Waals surface area contributed by atoms with Crippen molar-refractivity contribution in [3.63, 3.8) is 0 Å². The van der Waals surface area contributed by atoms with Gasteiger partial charge in [0.25, 0.3) is 5.91 Å². The second-order valence-electron chi connectivity index (χ2n) is 10.3. The lowest BCUT2D eigenvalue weighted by Crippen LogP contribution is -2.41. The van der Waals surface area contributed by atoms with Crippen molar-refractivity contribution in [2.45, 2.75) is 142 Å². The Morgan fingerprint density at radius 3 is 1.39 bits per heavy atom. The molecule has 1 rings (SSSR count). The predicted molar refractivity (Wildman–Crippen MR) is 154 cm³/mol. The van der Waals surface area contributed by atoms with Crippen LogP contribution in [0.5, 0.6) is 0 Å². The number of hydrogen-bond acceptors (Lipinski definition) is 2. The van der Waals surface area contributed by atoms with E-state index < -0.39 is 0 Å². The highest BCUT2D eigenvalue weighted by atomic mass is 16.2. The highest BCUT2D eigenvalue weighted by Crippen LogP contribution is 2.15. The molecular formula is C32H54N2O2. The summed E-state index contributed by atoms with van der Waals surface area (Å²) in [4.78, 5) is 24.0. The highest BCUT2D eigenvalue weighted by Gasteiger charge is 2.10. The van der Waals surface area contributed by atoms with Crippen LogP contribution >= 0.6 is 0 Å². The minimum atomic E-state index is -0.377. The zero-order valence-electron chi connectivity index (χ0n) is 23.3. The molecule has 0 aliphatic carbocycles. The highest BCUT2D eigenvalue weighted by molar-refractivity contribution is 6.18. The van der Waals surface area contributed by atoms with Crippen molar-refractivity contribution in [2.24, 2.45) is 0 Å². The van der Waals surface area contributed by atoms with Crippen molar-refractivity contribution in [1.82, 2.24) is 10.9 Å². The van der Waals surface area contributed by atoms with Crippen LogP contribution in [0.25, 0.3) is 5.57 Å². The largest absolute Gasteiger partial charge is 0.273 e. The van der Waals surface area contributed by atoms with Crippen LogP contribution in [0.3, 0.4) is 0 Å². The van der Waals surface area contributed by atoms with Crippen LogP contribution in [0.4, 0.5) is 0 Å². The summed E-state index contributed by atoms with van der Waals surface area (Å²) in [6, 6.07) is 9.24. The molecule has 1 aromatic carbocycles. The first kappa shape index (κ1) is 31.9. The van der Waals surface area contributed by atoms with E-state index in [0.717, 1.165) is 18.4 Å². The van der Waals surface area contributed by atoms with Crippen molar-refractivity contribution in [1.29, 1.82) is 0 Å². The van der Waals surface area contributed by atoms with Gasteiger partial charge >= 0.3 is 0 Å². The monoisotopic (exact) mass is 498 g/mol. The molecule has 4 heteroatoms. The van der Waals surface area contributed by atoms with Crippen LogP contribution in [-0.4, -0.2) is 11.8 Å². The summed E-state index contributed by atoms with van der Waals surface area (Å²) in [5.74, 6) is -0.523. The second kappa shape index (κ2) is 23.3. The third-order valence-electron chi connectivity index (χ3n) is 6.97. The molecule has 0 bridgehead atoms.